The highest BCUT2D eigenvalue weighted by Crippen LogP contribution is 2.24. The number of carbonyl (C=O) groups is 1. The fourth-order valence-corrected chi connectivity index (χ4v) is 3.27. The fourth-order valence-electron chi connectivity index (χ4n) is 3.27. The Morgan fingerprint density at radius 1 is 1.07 bits per heavy atom. The zero-order chi connectivity index (χ0) is 19.4. The number of benzene rings is 2. The Balaban J connectivity index is 1.45. The Morgan fingerprint density at radius 3 is 2.48 bits per heavy atom. The molecule has 2 N–H and O–H groups in total. The van der Waals surface area contributed by atoms with Crippen molar-refractivity contribution in [3.8, 4) is 0 Å². The number of hydrogen-bond acceptors (Lipinski definition) is 3. The highest BCUT2D eigenvalue weighted by atomic mass is 19.1. The van der Waals surface area contributed by atoms with E-state index in [2.05, 4.69) is 10.9 Å². The molecule has 1 heterocycles. The summed E-state index contributed by atoms with van der Waals surface area (Å²) in [6.07, 6.45) is 2.42. The van der Waals surface area contributed by atoms with Crippen LogP contribution in [0.3, 0.4) is 0 Å². The Labute approximate surface area is 156 Å². The molecule has 144 valence electrons. The molecule has 2 unspecified atom stereocenters. The summed E-state index contributed by atoms with van der Waals surface area (Å²) in [5.41, 5.74) is 7.31. The SMILES string of the molecule is CN(CCCC1CC(c2ccc(F)cc2)NN1)C(=O)c1ccc(F)cc1F. The second-order valence-electron chi connectivity index (χ2n) is 6.82. The van der Waals surface area contributed by atoms with Gasteiger partial charge in [0.05, 0.1) is 5.56 Å². The van der Waals surface area contributed by atoms with Gasteiger partial charge in [-0.1, -0.05) is 12.1 Å². The van der Waals surface area contributed by atoms with Gasteiger partial charge in [-0.2, -0.15) is 0 Å². The topological polar surface area (TPSA) is 44.4 Å². The van der Waals surface area contributed by atoms with Gasteiger partial charge < -0.3 is 4.90 Å². The third kappa shape index (κ3) is 4.87. The first-order valence-corrected chi connectivity index (χ1v) is 8.91. The first-order valence-electron chi connectivity index (χ1n) is 8.91. The van der Waals surface area contributed by atoms with E-state index in [1.54, 1.807) is 19.2 Å². The van der Waals surface area contributed by atoms with Gasteiger partial charge in [0.25, 0.3) is 5.91 Å². The lowest BCUT2D eigenvalue weighted by molar-refractivity contribution is 0.0787. The monoisotopic (exact) mass is 377 g/mol. The van der Waals surface area contributed by atoms with Crippen LogP contribution < -0.4 is 10.9 Å². The van der Waals surface area contributed by atoms with E-state index < -0.39 is 17.5 Å². The van der Waals surface area contributed by atoms with Gasteiger partial charge in [0.1, 0.15) is 17.5 Å². The first kappa shape index (κ1) is 19.4. The average molecular weight is 377 g/mol. The molecule has 1 fully saturated rings. The molecule has 4 nitrogen and oxygen atoms in total. The number of rotatable bonds is 6. The smallest absolute Gasteiger partial charge is 0.256 e. The van der Waals surface area contributed by atoms with Crippen LogP contribution >= 0.6 is 0 Å². The van der Waals surface area contributed by atoms with Crippen LogP contribution in [0, 0.1) is 17.5 Å². The van der Waals surface area contributed by atoms with Gasteiger partial charge in [-0.15, -0.1) is 0 Å². The van der Waals surface area contributed by atoms with Crippen molar-refractivity contribution in [1.29, 1.82) is 0 Å². The summed E-state index contributed by atoms with van der Waals surface area (Å²) in [7, 11) is 1.60. The third-order valence-corrected chi connectivity index (χ3v) is 4.81. The Morgan fingerprint density at radius 2 is 1.78 bits per heavy atom. The molecule has 0 spiro atoms. The van der Waals surface area contributed by atoms with E-state index in [-0.39, 0.29) is 23.5 Å². The van der Waals surface area contributed by atoms with Crippen LogP contribution in [-0.2, 0) is 0 Å². The Kier molecular flexibility index (Phi) is 6.13. The minimum Gasteiger partial charge on any atom is -0.342 e. The molecule has 2 aromatic carbocycles. The van der Waals surface area contributed by atoms with Crippen LogP contribution in [0.2, 0.25) is 0 Å². The first-order chi connectivity index (χ1) is 12.9. The van der Waals surface area contributed by atoms with Crippen molar-refractivity contribution in [2.24, 2.45) is 0 Å². The number of halogens is 3. The summed E-state index contributed by atoms with van der Waals surface area (Å²) in [5.74, 6) is -2.28. The molecule has 0 aliphatic carbocycles. The molecule has 2 aromatic rings. The molecule has 3 rings (SSSR count). The fraction of sp³-hybridized carbons (Fsp3) is 0.350. The maximum Gasteiger partial charge on any atom is 0.256 e. The Bertz CT molecular complexity index is 798. The van der Waals surface area contributed by atoms with Crippen molar-refractivity contribution in [2.45, 2.75) is 31.3 Å². The second-order valence-corrected chi connectivity index (χ2v) is 6.82. The number of hydrazine groups is 1. The number of nitrogens with zero attached hydrogens (tertiary/aromatic N) is 1. The number of amides is 1. The van der Waals surface area contributed by atoms with Gasteiger partial charge in [-0.05, 0) is 49.1 Å². The van der Waals surface area contributed by atoms with E-state index in [0.29, 0.717) is 12.6 Å². The zero-order valence-corrected chi connectivity index (χ0v) is 15.0. The van der Waals surface area contributed by atoms with Crippen LogP contribution in [0.1, 0.15) is 41.2 Å². The van der Waals surface area contributed by atoms with E-state index in [1.807, 2.05) is 0 Å². The third-order valence-electron chi connectivity index (χ3n) is 4.81. The summed E-state index contributed by atoms with van der Waals surface area (Å²) in [6, 6.07) is 9.72. The summed E-state index contributed by atoms with van der Waals surface area (Å²) < 4.78 is 39.7. The molecule has 1 aliphatic heterocycles. The van der Waals surface area contributed by atoms with Crippen molar-refractivity contribution in [1.82, 2.24) is 15.8 Å². The maximum atomic E-state index is 13.7. The average Bonchev–Trinajstić information content (AvgIpc) is 3.10. The molecular formula is C20H22F3N3O. The van der Waals surface area contributed by atoms with Crippen molar-refractivity contribution < 1.29 is 18.0 Å². The standard InChI is InChI=1S/C20H22F3N3O/c1-26(20(27)17-9-8-15(22)11-18(17)23)10-2-3-16-12-19(25-24-16)13-4-6-14(21)7-5-13/h4-9,11,16,19,24-25H,2-3,10,12H2,1H3. The zero-order valence-electron chi connectivity index (χ0n) is 15.0. The predicted molar refractivity (Wildman–Crippen MR) is 96.4 cm³/mol. The molecule has 7 heteroatoms. The van der Waals surface area contributed by atoms with Crippen LogP contribution in [0.15, 0.2) is 42.5 Å². The minimum absolute atomic E-state index is 0.114. The Hall–Kier alpha value is -2.38. The normalized spacial score (nSPS) is 19.3. The van der Waals surface area contributed by atoms with E-state index in [1.165, 1.54) is 23.1 Å². The molecule has 27 heavy (non-hydrogen) atoms. The molecule has 2 atom stereocenters. The van der Waals surface area contributed by atoms with Crippen molar-refractivity contribution >= 4 is 5.91 Å². The number of nitrogens with one attached hydrogen (secondary N) is 2. The van der Waals surface area contributed by atoms with Crippen LogP contribution in [0.5, 0.6) is 0 Å². The van der Waals surface area contributed by atoms with Gasteiger partial charge in [0.2, 0.25) is 0 Å². The van der Waals surface area contributed by atoms with Gasteiger partial charge in [0.15, 0.2) is 0 Å². The van der Waals surface area contributed by atoms with E-state index in [4.69, 9.17) is 0 Å². The van der Waals surface area contributed by atoms with Gasteiger partial charge in [-0.3, -0.25) is 15.6 Å². The molecule has 0 radical (unpaired) electrons. The van der Waals surface area contributed by atoms with E-state index in [9.17, 15) is 18.0 Å². The molecule has 0 saturated carbocycles. The maximum absolute atomic E-state index is 13.7. The molecule has 0 aromatic heterocycles. The highest BCUT2D eigenvalue weighted by molar-refractivity contribution is 5.94. The lowest BCUT2D eigenvalue weighted by atomic mass is 9.99. The lowest BCUT2D eigenvalue weighted by Crippen LogP contribution is -2.32. The molecule has 1 saturated heterocycles. The highest BCUT2D eigenvalue weighted by Gasteiger charge is 2.25. The van der Waals surface area contributed by atoms with Crippen molar-refractivity contribution in [3.63, 3.8) is 0 Å². The number of carbonyl (C=O) groups excluding carboxylic acids is 1. The number of hydrogen-bond donors (Lipinski definition) is 2. The summed E-state index contributed by atoms with van der Waals surface area (Å²) in [6.45, 7) is 0.467. The second kappa shape index (κ2) is 8.54. The van der Waals surface area contributed by atoms with Crippen LogP contribution in [0.25, 0.3) is 0 Å². The molecular weight excluding hydrogens is 355 g/mol. The summed E-state index contributed by atoms with van der Waals surface area (Å²) in [5, 5.41) is 0. The quantitative estimate of drug-likeness (QED) is 0.809. The molecule has 1 amide bonds. The van der Waals surface area contributed by atoms with Crippen LogP contribution in [0.4, 0.5) is 13.2 Å². The van der Waals surface area contributed by atoms with Crippen LogP contribution in [-0.4, -0.2) is 30.4 Å². The largest absolute Gasteiger partial charge is 0.342 e. The molecule has 0 bridgehead atoms. The van der Waals surface area contributed by atoms with Crippen molar-refractivity contribution in [3.05, 3.63) is 71.0 Å². The van der Waals surface area contributed by atoms with Gasteiger partial charge in [-0.25, -0.2) is 13.2 Å². The minimum atomic E-state index is -0.851. The predicted octanol–water partition coefficient (Wildman–Crippen LogP) is 3.56. The van der Waals surface area contributed by atoms with Gasteiger partial charge >= 0.3 is 0 Å². The molecule has 1 aliphatic rings. The lowest BCUT2D eigenvalue weighted by Gasteiger charge is -2.18. The van der Waals surface area contributed by atoms with E-state index >= 15 is 0 Å². The summed E-state index contributed by atoms with van der Waals surface area (Å²) >= 11 is 0. The summed E-state index contributed by atoms with van der Waals surface area (Å²) in [4.78, 5) is 13.7. The van der Waals surface area contributed by atoms with Crippen molar-refractivity contribution in [2.75, 3.05) is 13.6 Å². The van der Waals surface area contributed by atoms with E-state index in [0.717, 1.165) is 30.9 Å². The van der Waals surface area contributed by atoms with Gasteiger partial charge in [0, 0.05) is 31.7 Å².